The molecule has 0 saturated carbocycles. The van der Waals surface area contributed by atoms with E-state index in [9.17, 15) is 14.7 Å². The molecule has 322 valence electrons. The minimum absolute atomic E-state index is 0.0585. The number of nitrogens with one attached hydrogen (secondary N) is 2. The van der Waals surface area contributed by atoms with E-state index in [-0.39, 0.29) is 43.0 Å². The van der Waals surface area contributed by atoms with E-state index in [4.69, 9.17) is 46.9 Å². The van der Waals surface area contributed by atoms with Gasteiger partial charge >= 0.3 is 6.09 Å². The average molecular weight is 889 g/mol. The lowest BCUT2D eigenvalue weighted by Gasteiger charge is -2.38. The maximum Gasteiger partial charge on any atom is 0.408 e. The van der Waals surface area contributed by atoms with Gasteiger partial charge in [0.15, 0.2) is 28.8 Å². The zero-order valence-electron chi connectivity index (χ0n) is 34.3. The molecule has 0 spiro atoms. The zero-order valence-corrected chi connectivity index (χ0v) is 35.8. The number of aromatic nitrogens is 4. The van der Waals surface area contributed by atoms with Crippen molar-refractivity contribution in [2.45, 2.75) is 36.7 Å². The second-order valence-electron chi connectivity index (χ2n) is 14.7. The largest absolute Gasteiger partial charge is 0.509 e. The lowest BCUT2D eigenvalue weighted by Crippen LogP contribution is -2.39. The fourth-order valence-corrected chi connectivity index (χ4v) is 8.21. The van der Waals surface area contributed by atoms with Gasteiger partial charge in [0.1, 0.15) is 29.2 Å². The summed E-state index contributed by atoms with van der Waals surface area (Å²) < 4.78 is 32.4. The van der Waals surface area contributed by atoms with Gasteiger partial charge in [-0.25, -0.2) is 14.8 Å². The van der Waals surface area contributed by atoms with Crippen LogP contribution in [0.4, 0.5) is 4.79 Å². The predicted octanol–water partition coefficient (Wildman–Crippen LogP) is 9.59. The number of hydrogen-bond acceptors (Lipinski definition) is 10. The van der Waals surface area contributed by atoms with E-state index in [0.717, 1.165) is 16.7 Å². The molecule has 7 aromatic rings. The van der Waals surface area contributed by atoms with Gasteiger partial charge in [-0.3, -0.25) is 9.36 Å². The number of aliphatic hydroxyl groups is 1. The maximum atomic E-state index is 14.1. The highest BCUT2D eigenvalue weighted by Crippen LogP contribution is 2.44. The smallest absolute Gasteiger partial charge is 0.408 e. The van der Waals surface area contributed by atoms with E-state index in [1.807, 2.05) is 103 Å². The third kappa shape index (κ3) is 8.81. The Labute approximate surface area is 372 Å². The Morgan fingerprint density at radius 1 is 0.810 bits per heavy atom. The highest BCUT2D eigenvalue weighted by molar-refractivity contribution is 6.30. The molecule has 1 aliphatic rings. The number of H-pyrrole nitrogens is 1. The van der Waals surface area contributed by atoms with Gasteiger partial charge < -0.3 is 39.1 Å². The number of carbonyl (C=O) groups excluding carboxylic acids is 1. The van der Waals surface area contributed by atoms with Crippen LogP contribution in [0.25, 0.3) is 11.2 Å². The molecule has 0 aliphatic carbocycles. The van der Waals surface area contributed by atoms with Crippen molar-refractivity contribution in [3.8, 4) is 11.5 Å². The van der Waals surface area contributed by atoms with Crippen LogP contribution in [0.1, 0.15) is 53.3 Å². The lowest BCUT2D eigenvalue weighted by atomic mass is 9.79. The molecule has 1 aliphatic heterocycles. The molecule has 3 N–H and O–H groups in total. The molecule has 0 radical (unpaired) electrons. The SMILES string of the molecule is COc1ccc(C(OCCCC(OC(=O)NCC2=C(O)CC(n3cnc4c(=O)[nH]cnc43)O2)(c2ccc(Cl)cc2)c2ccc(Cl)cc2)(c2ccccc2)c2ccc(OC)cc2)cc1. The van der Waals surface area contributed by atoms with Crippen LogP contribution < -0.4 is 20.3 Å². The van der Waals surface area contributed by atoms with Crippen LogP contribution in [0, 0.1) is 0 Å². The molecule has 1 amide bonds. The van der Waals surface area contributed by atoms with Gasteiger partial charge in [-0.15, -0.1) is 0 Å². The molecule has 1 unspecified atom stereocenters. The molecule has 63 heavy (non-hydrogen) atoms. The van der Waals surface area contributed by atoms with E-state index < -0.39 is 29.1 Å². The van der Waals surface area contributed by atoms with Crippen LogP contribution >= 0.6 is 23.2 Å². The number of hydrogen-bond donors (Lipinski definition) is 3. The van der Waals surface area contributed by atoms with Crippen LogP contribution in [0.3, 0.4) is 0 Å². The second kappa shape index (κ2) is 18.7. The van der Waals surface area contributed by atoms with Gasteiger partial charge in [-0.05, 0) is 78.1 Å². The quantitative estimate of drug-likeness (QED) is 0.0630. The van der Waals surface area contributed by atoms with E-state index >= 15 is 0 Å². The number of nitrogens with zero attached hydrogens (tertiary/aromatic N) is 3. The van der Waals surface area contributed by atoms with Crippen molar-refractivity contribution >= 4 is 40.5 Å². The number of benzene rings is 5. The van der Waals surface area contributed by atoms with Gasteiger partial charge in [0, 0.05) is 27.8 Å². The summed E-state index contributed by atoms with van der Waals surface area (Å²) in [6.07, 6.45) is 1.86. The minimum atomic E-state index is -1.39. The zero-order chi connectivity index (χ0) is 44.0. The van der Waals surface area contributed by atoms with Crippen LogP contribution in [0.15, 0.2) is 156 Å². The Kier molecular flexibility index (Phi) is 12.7. The topological polar surface area (TPSA) is 159 Å². The van der Waals surface area contributed by atoms with Crippen LogP contribution in [0.5, 0.6) is 11.5 Å². The predicted molar refractivity (Wildman–Crippen MR) is 238 cm³/mol. The molecule has 0 bridgehead atoms. The van der Waals surface area contributed by atoms with Crippen molar-refractivity contribution in [3.05, 3.63) is 200 Å². The standard InChI is InChI=1S/C48H43Cl2N5O8/c1-59-38-21-13-34(14-22-38)48(33-7-4-3-5-8-33,35-15-23-39(60-2)24-16-35)61-26-6-25-47(31-9-17-36(49)18-10-31,32-11-19-37(50)20-12-32)63-46(58)51-28-41-40(56)27-42(62-41)55-30-54-43-44(55)52-29-53-45(43)57/h3-5,7-24,29-30,42,56H,6,25-28H2,1-2H3,(H,51,58)(H,52,53,57). The molecule has 3 heterocycles. The summed E-state index contributed by atoms with van der Waals surface area (Å²) in [5.41, 5.74) is 1.50. The Balaban J connectivity index is 1.09. The summed E-state index contributed by atoms with van der Waals surface area (Å²) >= 11 is 12.8. The number of fused-ring (bicyclic) bond motifs is 1. The first-order valence-electron chi connectivity index (χ1n) is 20.1. The van der Waals surface area contributed by atoms with E-state index in [2.05, 4.69) is 20.3 Å². The third-order valence-electron chi connectivity index (χ3n) is 11.1. The number of imidazole rings is 1. The number of aliphatic hydroxyl groups excluding tert-OH is 1. The molecule has 0 saturated heterocycles. The number of alkyl carbamates (subject to hydrolysis) is 1. The first-order chi connectivity index (χ1) is 30.6. The molecule has 5 aromatic carbocycles. The Morgan fingerprint density at radius 2 is 1.37 bits per heavy atom. The normalized spacial score (nSPS) is 14.1. The van der Waals surface area contributed by atoms with Crippen molar-refractivity contribution in [3.63, 3.8) is 0 Å². The summed E-state index contributed by atoms with van der Waals surface area (Å²) in [6.45, 7) is 0.00601. The summed E-state index contributed by atoms with van der Waals surface area (Å²) in [6, 6.07) is 39.8. The number of rotatable bonds is 16. The van der Waals surface area contributed by atoms with E-state index in [1.165, 1.54) is 12.7 Å². The number of amides is 1. The monoisotopic (exact) mass is 887 g/mol. The van der Waals surface area contributed by atoms with E-state index in [1.54, 1.807) is 43.1 Å². The van der Waals surface area contributed by atoms with Gasteiger partial charge in [0.05, 0.1) is 33.5 Å². The maximum absolute atomic E-state index is 14.1. The second-order valence-corrected chi connectivity index (χ2v) is 15.6. The number of aromatic amines is 1. The van der Waals surface area contributed by atoms with Crippen molar-refractivity contribution in [1.29, 1.82) is 0 Å². The number of methoxy groups -OCH3 is 2. The molecule has 2 aromatic heterocycles. The number of ether oxygens (including phenoxy) is 5. The number of halogens is 2. The van der Waals surface area contributed by atoms with Gasteiger partial charge in [-0.2, -0.15) is 0 Å². The average Bonchev–Trinajstić information content (AvgIpc) is 3.92. The van der Waals surface area contributed by atoms with Gasteiger partial charge in [0.25, 0.3) is 5.56 Å². The first-order valence-corrected chi connectivity index (χ1v) is 20.8. The summed E-state index contributed by atoms with van der Waals surface area (Å²) in [5, 5.41) is 14.7. The summed E-state index contributed by atoms with van der Waals surface area (Å²) in [7, 11) is 3.25. The van der Waals surface area contributed by atoms with Gasteiger partial charge in [0.2, 0.25) is 0 Å². The van der Waals surface area contributed by atoms with Crippen LogP contribution in [-0.4, -0.2) is 58.1 Å². The fourth-order valence-electron chi connectivity index (χ4n) is 7.96. The molecule has 13 nitrogen and oxygen atoms in total. The van der Waals surface area contributed by atoms with E-state index in [0.29, 0.717) is 44.7 Å². The third-order valence-corrected chi connectivity index (χ3v) is 11.6. The first kappa shape index (κ1) is 42.9. The molecule has 8 rings (SSSR count). The molecule has 0 fully saturated rings. The fraction of sp³-hybridized carbons (Fsp3) is 0.208. The summed E-state index contributed by atoms with van der Waals surface area (Å²) in [5.74, 6) is 1.44. The van der Waals surface area contributed by atoms with Crippen molar-refractivity contribution in [2.75, 3.05) is 27.4 Å². The number of carbonyl (C=O) groups is 1. The van der Waals surface area contributed by atoms with Crippen molar-refractivity contribution in [1.82, 2.24) is 24.8 Å². The Hall–Kier alpha value is -6.80. The Bertz CT molecular complexity index is 2670. The highest BCUT2D eigenvalue weighted by atomic mass is 35.5. The Morgan fingerprint density at radius 3 is 1.94 bits per heavy atom. The lowest BCUT2D eigenvalue weighted by molar-refractivity contribution is -0.00919. The van der Waals surface area contributed by atoms with Crippen LogP contribution in [-0.2, 0) is 25.4 Å². The molecular weight excluding hydrogens is 845 g/mol. The minimum Gasteiger partial charge on any atom is -0.509 e. The molecular formula is C48H43Cl2N5O8. The molecule has 15 heteroatoms. The van der Waals surface area contributed by atoms with Crippen LogP contribution in [0.2, 0.25) is 10.0 Å². The van der Waals surface area contributed by atoms with Gasteiger partial charge in [-0.1, -0.05) is 102 Å². The van der Waals surface area contributed by atoms with Crippen molar-refractivity contribution < 1.29 is 33.6 Å². The summed E-state index contributed by atoms with van der Waals surface area (Å²) in [4.78, 5) is 37.2. The van der Waals surface area contributed by atoms with Crippen molar-refractivity contribution in [2.24, 2.45) is 0 Å². The molecule has 1 atom stereocenters. The highest BCUT2D eigenvalue weighted by Gasteiger charge is 2.41.